The lowest BCUT2D eigenvalue weighted by molar-refractivity contribution is -0.0430. The van der Waals surface area contributed by atoms with Gasteiger partial charge in [0.15, 0.2) is 5.15 Å². The van der Waals surface area contributed by atoms with Crippen LogP contribution in [0.3, 0.4) is 0 Å². The topological polar surface area (TPSA) is 80.4 Å². The van der Waals surface area contributed by atoms with Crippen LogP contribution >= 0.6 is 11.6 Å². The van der Waals surface area contributed by atoms with Crippen molar-refractivity contribution in [3.8, 4) is 0 Å². The zero-order chi connectivity index (χ0) is 13.6. The van der Waals surface area contributed by atoms with Gasteiger partial charge in [0.05, 0.1) is 24.6 Å². The number of aryl methyl sites for hydroxylation is 1. The molecule has 0 bridgehead atoms. The van der Waals surface area contributed by atoms with Gasteiger partial charge in [-0.2, -0.15) is 0 Å². The maximum absolute atomic E-state index is 9.80. The number of imidazole rings is 1. The molecule has 102 valence electrons. The van der Waals surface area contributed by atoms with E-state index in [2.05, 4.69) is 9.97 Å². The normalized spacial score (nSPS) is 27.3. The van der Waals surface area contributed by atoms with Crippen LogP contribution in [0.2, 0.25) is 5.15 Å². The minimum absolute atomic E-state index is 0.203. The summed E-state index contributed by atoms with van der Waals surface area (Å²) < 4.78 is 7.46. The zero-order valence-corrected chi connectivity index (χ0v) is 11.1. The van der Waals surface area contributed by atoms with Gasteiger partial charge < -0.3 is 19.5 Å². The Morgan fingerprint density at radius 2 is 2.32 bits per heavy atom. The fraction of sp³-hybridized carbons (Fsp3) is 0.500. The van der Waals surface area contributed by atoms with E-state index in [1.165, 1.54) is 0 Å². The van der Waals surface area contributed by atoms with Crippen LogP contribution in [0, 0.1) is 6.92 Å². The van der Waals surface area contributed by atoms with E-state index in [1.54, 1.807) is 12.5 Å². The number of hydrogen-bond donors (Lipinski definition) is 2. The molecule has 0 unspecified atom stereocenters. The quantitative estimate of drug-likeness (QED) is 0.805. The third-order valence-electron chi connectivity index (χ3n) is 3.43. The molecule has 3 rings (SSSR count). The molecular weight excluding hydrogens is 270 g/mol. The van der Waals surface area contributed by atoms with Crippen molar-refractivity contribution in [1.82, 2.24) is 14.5 Å². The lowest BCUT2D eigenvalue weighted by Gasteiger charge is -2.15. The lowest BCUT2D eigenvalue weighted by atomic mass is 10.2. The summed E-state index contributed by atoms with van der Waals surface area (Å²) in [6.07, 6.45) is 2.13. The molecule has 1 aliphatic rings. The van der Waals surface area contributed by atoms with E-state index in [0.29, 0.717) is 17.1 Å². The maximum atomic E-state index is 9.80. The molecule has 7 heteroatoms. The van der Waals surface area contributed by atoms with E-state index < -0.39 is 12.2 Å². The standard InChI is InChI=1S/C12H14ClN3O3/c1-6-3-14-12(13)10-11(6)16(5-15-10)9-2-7(18)8(4-17)19-9/h3,5,7-9,17-18H,2,4H2,1H3/t7-,8-,9-/m1/s1. The predicted molar refractivity (Wildman–Crippen MR) is 68.9 cm³/mol. The molecular formula is C12H14ClN3O3. The average Bonchev–Trinajstić information content (AvgIpc) is 2.97. The molecule has 2 aromatic rings. The van der Waals surface area contributed by atoms with Crippen molar-refractivity contribution < 1.29 is 14.9 Å². The molecule has 3 heterocycles. The Labute approximate surface area is 114 Å². The largest absolute Gasteiger partial charge is 0.394 e. The summed E-state index contributed by atoms with van der Waals surface area (Å²) in [5.74, 6) is 0. The molecule has 1 fully saturated rings. The third-order valence-corrected chi connectivity index (χ3v) is 3.71. The second-order valence-electron chi connectivity index (χ2n) is 4.70. The highest BCUT2D eigenvalue weighted by Crippen LogP contribution is 2.33. The monoisotopic (exact) mass is 283 g/mol. The van der Waals surface area contributed by atoms with Gasteiger partial charge in [0.1, 0.15) is 17.8 Å². The number of nitrogens with zero attached hydrogens (tertiary/aromatic N) is 3. The third kappa shape index (κ3) is 2.01. The van der Waals surface area contributed by atoms with Gasteiger partial charge in [0.25, 0.3) is 0 Å². The Hall–Kier alpha value is -1.21. The van der Waals surface area contributed by atoms with E-state index in [4.69, 9.17) is 21.4 Å². The van der Waals surface area contributed by atoms with Crippen molar-refractivity contribution in [2.75, 3.05) is 6.61 Å². The Morgan fingerprint density at radius 3 is 3.00 bits per heavy atom. The van der Waals surface area contributed by atoms with Gasteiger partial charge in [-0.15, -0.1) is 0 Å². The van der Waals surface area contributed by atoms with Crippen molar-refractivity contribution in [2.45, 2.75) is 31.8 Å². The van der Waals surface area contributed by atoms with Crippen molar-refractivity contribution in [3.63, 3.8) is 0 Å². The van der Waals surface area contributed by atoms with Crippen LogP contribution in [0.5, 0.6) is 0 Å². The molecule has 0 aromatic carbocycles. The first-order valence-electron chi connectivity index (χ1n) is 6.04. The molecule has 0 spiro atoms. The van der Waals surface area contributed by atoms with E-state index in [0.717, 1.165) is 11.1 Å². The number of halogens is 1. The van der Waals surface area contributed by atoms with Crippen LogP contribution in [-0.2, 0) is 4.74 Å². The van der Waals surface area contributed by atoms with Gasteiger partial charge in [-0.1, -0.05) is 11.6 Å². The van der Waals surface area contributed by atoms with Crippen LogP contribution < -0.4 is 0 Å². The number of pyridine rings is 1. The smallest absolute Gasteiger partial charge is 0.156 e. The number of rotatable bonds is 2. The molecule has 6 nitrogen and oxygen atoms in total. The molecule has 1 saturated heterocycles. The van der Waals surface area contributed by atoms with Crippen molar-refractivity contribution >= 4 is 22.6 Å². The fourth-order valence-electron chi connectivity index (χ4n) is 2.45. The van der Waals surface area contributed by atoms with Gasteiger partial charge >= 0.3 is 0 Å². The van der Waals surface area contributed by atoms with Crippen molar-refractivity contribution in [2.24, 2.45) is 0 Å². The number of fused-ring (bicyclic) bond motifs is 1. The van der Waals surface area contributed by atoms with Crippen LogP contribution in [-0.4, -0.2) is 43.6 Å². The Bertz CT molecular complexity index is 616. The molecule has 2 N–H and O–H groups in total. The van der Waals surface area contributed by atoms with Crippen molar-refractivity contribution in [1.29, 1.82) is 0 Å². The number of aliphatic hydroxyl groups is 2. The Morgan fingerprint density at radius 1 is 1.53 bits per heavy atom. The van der Waals surface area contributed by atoms with E-state index in [-0.39, 0.29) is 12.8 Å². The summed E-state index contributed by atoms with van der Waals surface area (Å²) in [6.45, 7) is 1.71. The number of ether oxygens (including phenoxy) is 1. The highest BCUT2D eigenvalue weighted by atomic mass is 35.5. The minimum atomic E-state index is -0.676. The lowest BCUT2D eigenvalue weighted by Crippen LogP contribution is -2.24. The predicted octanol–water partition coefficient (Wildman–Crippen LogP) is 1.03. The minimum Gasteiger partial charge on any atom is -0.394 e. The molecule has 0 amide bonds. The number of aromatic nitrogens is 3. The number of hydrogen-bond acceptors (Lipinski definition) is 5. The summed E-state index contributed by atoms with van der Waals surface area (Å²) in [5, 5.41) is 19.3. The molecule has 3 atom stereocenters. The van der Waals surface area contributed by atoms with Crippen LogP contribution in [0.25, 0.3) is 11.0 Å². The van der Waals surface area contributed by atoms with E-state index in [1.807, 2.05) is 11.5 Å². The summed E-state index contributed by atoms with van der Waals surface area (Å²) in [4.78, 5) is 8.30. The van der Waals surface area contributed by atoms with Gasteiger partial charge in [0.2, 0.25) is 0 Å². The first-order valence-corrected chi connectivity index (χ1v) is 6.41. The summed E-state index contributed by atoms with van der Waals surface area (Å²) in [7, 11) is 0. The molecule has 2 aromatic heterocycles. The zero-order valence-electron chi connectivity index (χ0n) is 10.3. The Balaban J connectivity index is 2.05. The second-order valence-corrected chi connectivity index (χ2v) is 5.05. The van der Waals surface area contributed by atoms with Gasteiger partial charge in [-0.25, -0.2) is 9.97 Å². The molecule has 0 aliphatic carbocycles. The first-order chi connectivity index (χ1) is 9.11. The fourth-order valence-corrected chi connectivity index (χ4v) is 2.63. The Kier molecular flexibility index (Phi) is 3.18. The summed E-state index contributed by atoms with van der Waals surface area (Å²) in [6, 6.07) is 0. The van der Waals surface area contributed by atoms with Crippen LogP contribution in [0.1, 0.15) is 18.2 Å². The van der Waals surface area contributed by atoms with E-state index in [9.17, 15) is 5.11 Å². The first kappa shape index (κ1) is 12.8. The van der Waals surface area contributed by atoms with Gasteiger partial charge in [-0.3, -0.25) is 0 Å². The number of aliphatic hydroxyl groups excluding tert-OH is 2. The van der Waals surface area contributed by atoms with Crippen molar-refractivity contribution in [3.05, 3.63) is 23.2 Å². The highest BCUT2D eigenvalue weighted by Gasteiger charge is 2.35. The molecule has 1 aliphatic heterocycles. The van der Waals surface area contributed by atoms with E-state index >= 15 is 0 Å². The van der Waals surface area contributed by atoms with Crippen LogP contribution in [0.15, 0.2) is 12.5 Å². The molecule has 0 radical (unpaired) electrons. The summed E-state index contributed by atoms with van der Waals surface area (Å²) in [5.41, 5.74) is 2.39. The average molecular weight is 284 g/mol. The van der Waals surface area contributed by atoms with Gasteiger partial charge in [-0.05, 0) is 12.5 Å². The van der Waals surface area contributed by atoms with Gasteiger partial charge in [0, 0.05) is 12.6 Å². The highest BCUT2D eigenvalue weighted by molar-refractivity contribution is 6.33. The summed E-state index contributed by atoms with van der Waals surface area (Å²) >= 11 is 6.02. The van der Waals surface area contributed by atoms with Crippen LogP contribution in [0.4, 0.5) is 0 Å². The maximum Gasteiger partial charge on any atom is 0.156 e. The molecule has 19 heavy (non-hydrogen) atoms. The second kappa shape index (κ2) is 4.72. The SMILES string of the molecule is Cc1cnc(Cl)c2ncn([C@H]3C[C@@H](O)[C@@H](CO)O3)c12. The molecule has 0 saturated carbocycles.